The first-order chi connectivity index (χ1) is 23.7. The van der Waals surface area contributed by atoms with Gasteiger partial charge < -0.3 is 34.6 Å². The van der Waals surface area contributed by atoms with Crippen molar-refractivity contribution in [1.29, 1.82) is 0 Å². The number of rotatable bonds is 22. The largest absolute Gasteiger partial charge is 0.512 e. The van der Waals surface area contributed by atoms with Crippen LogP contribution in [0.1, 0.15) is 140 Å². The van der Waals surface area contributed by atoms with E-state index in [9.17, 15) is 30.0 Å². The Hall–Kier alpha value is -0.520. The molecule has 0 amide bonds. The van der Waals surface area contributed by atoms with Crippen LogP contribution in [0.4, 0.5) is 0 Å². The second kappa shape index (κ2) is 22.9. The minimum Gasteiger partial charge on any atom is -0.512 e. The second-order valence-corrected chi connectivity index (χ2v) is 17.3. The summed E-state index contributed by atoms with van der Waals surface area (Å²) in [5.74, 6) is -0.00889. The maximum atomic E-state index is 12.9. The van der Waals surface area contributed by atoms with Gasteiger partial charge in [0.05, 0.1) is 54.6 Å². The first-order valence-corrected chi connectivity index (χ1v) is 19.8. The number of hydrogen-bond donors (Lipinski definition) is 4. The van der Waals surface area contributed by atoms with E-state index in [2.05, 4.69) is 33.8 Å². The molecule has 52 heavy (non-hydrogen) atoms. The summed E-state index contributed by atoms with van der Waals surface area (Å²) < 4.78 is 17.5. The van der Waals surface area contributed by atoms with Gasteiger partial charge in [-0.25, -0.2) is 0 Å². The van der Waals surface area contributed by atoms with Crippen molar-refractivity contribution in [3.63, 3.8) is 0 Å². The molecule has 2 rings (SSSR count). The van der Waals surface area contributed by atoms with Crippen molar-refractivity contribution in [3.8, 4) is 0 Å². The fraction of sp³-hybridized carbons (Fsp3) is 0.857. The number of carbonyl (C=O) groups is 2. The van der Waals surface area contributed by atoms with Crippen LogP contribution in [0, 0.1) is 41.4 Å². The summed E-state index contributed by atoms with van der Waals surface area (Å²) in [6, 6.07) is 0. The summed E-state index contributed by atoms with van der Waals surface area (Å²) in [7, 11) is 1.40. The van der Waals surface area contributed by atoms with E-state index in [1.54, 1.807) is 6.92 Å². The van der Waals surface area contributed by atoms with E-state index in [4.69, 9.17) is 14.2 Å². The molecular weight excluding hydrogens is 689 g/mol. The molecule has 2 aliphatic rings. The molecule has 0 aliphatic carbocycles. The number of hydrogen-bond acceptors (Lipinski definition) is 9. The van der Waals surface area contributed by atoms with Crippen molar-refractivity contribution in [2.45, 2.75) is 182 Å². The van der Waals surface area contributed by atoms with E-state index in [-0.39, 0.29) is 97.0 Å². The number of esters is 1. The normalized spacial score (nSPS) is 29.7. The van der Waals surface area contributed by atoms with Gasteiger partial charge in [-0.15, -0.1) is 0 Å². The van der Waals surface area contributed by atoms with Gasteiger partial charge in [0, 0.05) is 73.9 Å². The molecule has 2 radical (unpaired) electrons. The topological polar surface area (TPSA) is 143 Å². The van der Waals surface area contributed by atoms with E-state index in [1.165, 1.54) is 13.2 Å². The molecule has 2 heterocycles. The molecular formula is C42H74CaO9. The second-order valence-electron chi connectivity index (χ2n) is 17.3. The quantitative estimate of drug-likeness (QED) is 0.0290. The van der Waals surface area contributed by atoms with Gasteiger partial charge in [0.2, 0.25) is 0 Å². The molecule has 9 nitrogen and oxygen atoms in total. The summed E-state index contributed by atoms with van der Waals surface area (Å²) in [5.41, 5.74) is -1.00. The number of aliphatic hydroxyl groups is 4. The summed E-state index contributed by atoms with van der Waals surface area (Å²) in [6.07, 6.45) is 11.4. The molecule has 2 saturated heterocycles. The van der Waals surface area contributed by atoms with Crippen molar-refractivity contribution in [1.82, 2.24) is 0 Å². The van der Waals surface area contributed by atoms with Gasteiger partial charge in [-0.3, -0.25) is 9.59 Å². The smallest absolute Gasteiger partial charge is 0.305 e. The van der Waals surface area contributed by atoms with Crippen LogP contribution >= 0.6 is 0 Å². The van der Waals surface area contributed by atoms with Crippen LogP contribution in [0.5, 0.6) is 0 Å². The van der Waals surface area contributed by atoms with E-state index >= 15 is 0 Å². The SMILES string of the molecule is COC(=O)CC[C@@H](C)C[C@H](C)C[C@H](C)C(=O)/C=C(\O)[C@H](C)C[C@H](C)C/C=C/[C@@H](C)[C@@H](O)[C@@H](C)[C@@H](O)C[C@@H]1CC[C@@](C)([C@H]2CC[C@@](C)([C@@H](C)O)O2)O1.[Ca]. The van der Waals surface area contributed by atoms with Crippen LogP contribution in [-0.4, -0.2) is 119 Å². The van der Waals surface area contributed by atoms with Gasteiger partial charge in [-0.05, 0) is 103 Å². The first kappa shape index (κ1) is 49.5. The Labute approximate surface area is 345 Å². The summed E-state index contributed by atoms with van der Waals surface area (Å²) in [6.45, 7) is 19.9. The number of aliphatic hydroxyl groups excluding tert-OH is 4. The monoisotopic (exact) mass is 762 g/mol. The standard InChI is InChI=1S/C42H74O9.Ca/c1-26(22-30(5)35(44)25-36(45)31(6)23-28(3)21-27(2)15-16-39(47)49-11)13-12-14-29(4)40(48)32(7)37(46)24-34-17-19-42(10,50-34)38-18-20-41(9,51-38)33(8)43;/h12,14,25-34,37-38,40,43-44,46,48H,13,15-24H2,1-11H3;/b14-12+,35-25-;/t26-,27-,28+,29-,30-,31+,32+,33-,34+,37+,38-,40-,41+,42+;/m1./s1. The van der Waals surface area contributed by atoms with Crippen molar-refractivity contribution in [3.05, 3.63) is 24.0 Å². The maximum Gasteiger partial charge on any atom is 0.305 e. The Bertz CT molecular complexity index is 1140. The van der Waals surface area contributed by atoms with Crippen molar-refractivity contribution < 1.29 is 44.2 Å². The fourth-order valence-electron chi connectivity index (χ4n) is 8.11. The average Bonchev–Trinajstić information content (AvgIpc) is 3.66. The molecule has 0 unspecified atom stereocenters. The Morgan fingerprint density at radius 2 is 1.50 bits per heavy atom. The summed E-state index contributed by atoms with van der Waals surface area (Å²) >= 11 is 0. The minimum absolute atomic E-state index is 0. The average molecular weight is 763 g/mol. The number of allylic oxidation sites excluding steroid dienone is 3. The zero-order chi connectivity index (χ0) is 38.7. The van der Waals surface area contributed by atoms with Crippen LogP contribution in [0.3, 0.4) is 0 Å². The van der Waals surface area contributed by atoms with Crippen molar-refractivity contribution >= 4 is 49.5 Å². The first-order valence-electron chi connectivity index (χ1n) is 19.8. The van der Waals surface area contributed by atoms with Crippen LogP contribution in [0.2, 0.25) is 0 Å². The zero-order valence-electron chi connectivity index (χ0n) is 34.5. The van der Waals surface area contributed by atoms with Gasteiger partial charge in [0.1, 0.15) is 0 Å². The Morgan fingerprint density at radius 3 is 2.10 bits per heavy atom. The number of methoxy groups -OCH3 is 1. The molecule has 0 aromatic rings. The predicted octanol–water partition coefficient (Wildman–Crippen LogP) is 7.51. The van der Waals surface area contributed by atoms with Crippen molar-refractivity contribution in [2.24, 2.45) is 41.4 Å². The number of ketones is 1. The molecule has 0 saturated carbocycles. The van der Waals surface area contributed by atoms with Crippen LogP contribution in [0.25, 0.3) is 0 Å². The van der Waals surface area contributed by atoms with Crippen LogP contribution in [-0.2, 0) is 23.8 Å². The minimum atomic E-state index is -0.714. The van der Waals surface area contributed by atoms with Gasteiger partial charge in [-0.1, -0.05) is 60.6 Å². The molecule has 0 bridgehead atoms. The third-order valence-corrected chi connectivity index (χ3v) is 12.1. The van der Waals surface area contributed by atoms with Gasteiger partial charge in [0.15, 0.2) is 5.78 Å². The number of ether oxygens (including phenoxy) is 3. The van der Waals surface area contributed by atoms with Crippen molar-refractivity contribution in [2.75, 3.05) is 7.11 Å². The van der Waals surface area contributed by atoms with Crippen LogP contribution in [0.15, 0.2) is 24.0 Å². The molecule has 14 atom stereocenters. The molecule has 298 valence electrons. The van der Waals surface area contributed by atoms with E-state index in [0.29, 0.717) is 24.7 Å². The molecule has 0 aromatic heterocycles. The molecule has 2 aliphatic heterocycles. The van der Waals surface area contributed by atoms with Crippen LogP contribution < -0.4 is 0 Å². The summed E-state index contributed by atoms with van der Waals surface area (Å²) in [4.78, 5) is 24.3. The van der Waals surface area contributed by atoms with Gasteiger partial charge in [-0.2, -0.15) is 0 Å². The summed E-state index contributed by atoms with van der Waals surface area (Å²) in [5, 5.41) is 43.1. The molecule has 2 fully saturated rings. The fourth-order valence-corrected chi connectivity index (χ4v) is 8.11. The predicted molar refractivity (Wildman–Crippen MR) is 208 cm³/mol. The molecule has 4 N–H and O–H groups in total. The molecule has 10 heteroatoms. The third kappa shape index (κ3) is 15.5. The van der Waals surface area contributed by atoms with Gasteiger partial charge >= 0.3 is 5.97 Å². The Balaban J connectivity index is 0.0000135. The zero-order valence-corrected chi connectivity index (χ0v) is 36.7. The van der Waals surface area contributed by atoms with E-state index in [1.807, 2.05) is 40.7 Å². The number of carbonyl (C=O) groups excluding carboxylic acids is 2. The Morgan fingerprint density at radius 1 is 0.865 bits per heavy atom. The molecule has 0 spiro atoms. The molecule has 0 aromatic carbocycles. The maximum absolute atomic E-state index is 12.9. The van der Waals surface area contributed by atoms with E-state index < -0.39 is 29.5 Å². The van der Waals surface area contributed by atoms with Gasteiger partial charge in [0.25, 0.3) is 0 Å². The van der Waals surface area contributed by atoms with E-state index in [0.717, 1.165) is 57.8 Å². The third-order valence-electron chi connectivity index (χ3n) is 12.1. The Kier molecular flexibility index (Phi) is 21.8.